The van der Waals surface area contributed by atoms with Gasteiger partial charge in [-0.15, -0.1) is 0 Å². The molecule has 1 unspecified atom stereocenters. The first-order chi connectivity index (χ1) is 13.1. The van der Waals surface area contributed by atoms with Crippen molar-refractivity contribution in [3.63, 3.8) is 0 Å². The fourth-order valence-corrected chi connectivity index (χ4v) is 2.77. The van der Waals surface area contributed by atoms with Crippen LogP contribution >= 0.6 is 0 Å². The largest absolute Gasteiger partial charge is 0.497 e. The molecule has 3 rings (SSSR count). The quantitative estimate of drug-likeness (QED) is 0.755. The smallest absolute Gasteiger partial charge is 0.268 e. The summed E-state index contributed by atoms with van der Waals surface area (Å²) >= 11 is 0. The number of likely N-dealkylation sites (N-methyl/N-ethyl adjacent to an activating group) is 1. The van der Waals surface area contributed by atoms with Crippen LogP contribution < -0.4 is 24.4 Å². The molecule has 1 atom stereocenters. The Morgan fingerprint density at radius 3 is 2.59 bits per heavy atom. The third-order valence-electron chi connectivity index (χ3n) is 4.23. The van der Waals surface area contributed by atoms with Crippen molar-refractivity contribution in [1.29, 1.82) is 0 Å². The highest BCUT2D eigenvalue weighted by molar-refractivity contribution is 6.01. The zero-order valence-corrected chi connectivity index (χ0v) is 15.3. The number of para-hydroxylation sites is 2. The predicted molar refractivity (Wildman–Crippen MR) is 100 cm³/mol. The number of fused-ring (bicyclic) bond motifs is 1. The first-order valence-electron chi connectivity index (χ1n) is 8.65. The van der Waals surface area contributed by atoms with Gasteiger partial charge in [-0.2, -0.15) is 0 Å². The van der Waals surface area contributed by atoms with E-state index in [0.717, 1.165) is 5.75 Å². The molecule has 1 N–H and O–H groups in total. The molecule has 0 bridgehead atoms. The highest BCUT2D eigenvalue weighted by Gasteiger charge is 2.33. The van der Waals surface area contributed by atoms with Gasteiger partial charge in [0.15, 0.2) is 6.10 Å². The molecular weight excluding hydrogens is 348 g/mol. The van der Waals surface area contributed by atoms with E-state index < -0.39 is 6.10 Å². The second-order valence-corrected chi connectivity index (χ2v) is 6.05. The summed E-state index contributed by atoms with van der Waals surface area (Å²) in [4.78, 5) is 26.0. The molecular formula is C20H22N2O5. The Labute approximate surface area is 157 Å². The number of amides is 2. The molecule has 7 nitrogen and oxygen atoms in total. The fourth-order valence-electron chi connectivity index (χ4n) is 2.77. The van der Waals surface area contributed by atoms with E-state index in [0.29, 0.717) is 30.3 Å². The van der Waals surface area contributed by atoms with Crippen LogP contribution in [0, 0.1) is 0 Å². The maximum Gasteiger partial charge on any atom is 0.268 e. The molecule has 1 heterocycles. The minimum Gasteiger partial charge on any atom is -0.497 e. The van der Waals surface area contributed by atoms with Crippen molar-refractivity contribution >= 4 is 17.5 Å². The molecule has 2 aromatic rings. The first-order valence-corrected chi connectivity index (χ1v) is 8.65. The van der Waals surface area contributed by atoms with Crippen LogP contribution in [0.15, 0.2) is 48.5 Å². The molecule has 0 fully saturated rings. The summed E-state index contributed by atoms with van der Waals surface area (Å²) in [6.07, 6.45) is -0.868. The lowest BCUT2D eigenvalue weighted by atomic mass is 10.1. The SMILES string of the molecule is COc1ccc(OCCNC(=O)CC2Oc3ccccc3N(C)C2=O)cc1. The molecule has 27 heavy (non-hydrogen) atoms. The van der Waals surface area contributed by atoms with Crippen LogP contribution in [-0.4, -0.2) is 45.2 Å². The van der Waals surface area contributed by atoms with Gasteiger partial charge in [0, 0.05) is 7.05 Å². The molecule has 2 amide bonds. The number of ether oxygens (including phenoxy) is 3. The minimum atomic E-state index is -0.826. The van der Waals surface area contributed by atoms with E-state index in [1.807, 2.05) is 12.1 Å². The molecule has 7 heteroatoms. The van der Waals surface area contributed by atoms with Crippen molar-refractivity contribution in [3.8, 4) is 17.2 Å². The molecule has 1 aliphatic rings. The van der Waals surface area contributed by atoms with Gasteiger partial charge < -0.3 is 24.4 Å². The summed E-state index contributed by atoms with van der Waals surface area (Å²) in [5.41, 5.74) is 0.701. The maximum absolute atomic E-state index is 12.4. The van der Waals surface area contributed by atoms with Gasteiger partial charge in [0.1, 0.15) is 23.9 Å². The van der Waals surface area contributed by atoms with Gasteiger partial charge in [-0.25, -0.2) is 0 Å². The number of methoxy groups -OCH3 is 1. The number of nitrogens with zero attached hydrogens (tertiary/aromatic N) is 1. The summed E-state index contributed by atoms with van der Waals surface area (Å²) in [6, 6.07) is 14.4. The van der Waals surface area contributed by atoms with Crippen molar-refractivity contribution in [3.05, 3.63) is 48.5 Å². The van der Waals surface area contributed by atoms with E-state index in [1.54, 1.807) is 50.6 Å². The molecule has 0 aromatic heterocycles. The number of benzene rings is 2. The van der Waals surface area contributed by atoms with Gasteiger partial charge in [-0.05, 0) is 36.4 Å². The molecule has 2 aromatic carbocycles. The van der Waals surface area contributed by atoms with Crippen LogP contribution in [0.25, 0.3) is 0 Å². The van der Waals surface area contributed by atoms with Gasteiger partial charge in [0.25, 0.3) is 5.91 Å². The van der Waals surface area contributed by atoms with Crippen LogP contribution in [-0.2, 0) is 9.59 Å². The Morgan fingerprint density at radius 2 is 1.85 bits per heavy atom. The van der Waals surface area contributed by atoms with E-state index in [4.69, 9.17) is 14.2 Å². The van der Waals surface area contributed by atoms with E-state index in [-0.39, 0.29) is 18.2 Å². The third kappa shape index (κ3) is 4.49. The number of carbonyl (C=O) groups excluding carboxylic acids is 2. The first kappa shape index (κ1) is 18.6. The molecule has 0 saturated heterocycles. The fraction of sp³-hybridized carbons (Fsp3) is 0.300. The van der Waals surface area contributed by atoms with Crippen LogP contribution in [0.3, 0.4) is 0 Å². The minimum absolute atomic E-state index is 0.0416. The summed E-state index contributed by atoms with van der Waals surface area (Å²) in [7, 11) is 3.28. The second-order valence-electron chi connectivity index (χ2n) is 6.05. The number of carbonyl (C=O) groups is 2. The highest BCUT2D eigenvalue weighted by atomic mass is 16.5. The average molecular weight is 370 g/mol. The summed E-state index contributed by atoms with van der Waals surface area (Å²) < 4.78 is 16.3. The molecule has 0 radical (unpaired) electrons. The predicted octanol–water partition coefficient (Wildman–Crippen LogP) is 2.00. The Morgan fingerprint density at radius 1 is 1.15 bits per heavy atom. The van der Waals surface area contributed by atoms with Crippen molar-refractivity contribution in [2.75, 3.05) is 32.2 Å². The molecule has 0 spiro atoms. The van der Waals surface area contributed by atoms with Crippen LogP contribution in [0.5, 0.6) is 17.2 Å². The zero-order chi connectivity index (χ0) is 19.2. The van der Waals surface area contributed by atoms with Gasteiger partial charge in [-0.3, -0.25) is 9.59 Å². The number of rotatable bonds is 7. The maximum atomic E-state index is 12.4. The number of hydrogen-bond donors (Lipinski definition) is 1. The van der Waals surface area contributed by atoms with Gasteiger partial charge >= 0.3 is 0 Å². The van der Waals surface area contributed by atoms with Crippen molar-refractivity contribution < 1.29 is 23.8 Å². The lowest BCUT2D eigenvalue weighted by molar-refractivity contribution is -0.132. The monoisotopic (exact) mass is 370 g/mol. The number of hydrogen-bond acceptors (Lipinski definition) is 5. The Balaban J connectivity index is 1.44. The lowest BCUT2D eigenvalue weighted by Gasteiger charge is -2.31. The van der Waals surface area contributed by atoms with E-state index in [1.165, 1.54) is 4.90 Å². The Kier molecular flexibility index (Phi) is 5.80. The normalized spacial score (nSPS) is 15.6. The number of anilines is 1. The molecule has 0 saturated carbocycles. The summed E-state index contributed by atoms with van der Waals surface area (Å²) in [6.45, 7) is 0.651. The van der Waals surface area contributed by atoms with E-state index in [2.05, 4.69) is 5.32 Å². The van der Waals surface area contributed by atoms with Crippen LogP contribution in [0.4, 0.5) is 5.69 Å². The Bertz CT molecular complexity index is 806. The van der Waals surface area contributed by atoms with Crippen molar-refractivity contribution in [2.24, 2.45) is 0 Å². The topological polar surface area (TPSA) is 77.1 Å². The van der Waals surface area contributed by atoms with Gasteiger partial charge in [0.2, 0.25) is 5.91 Å². The van der Waals surface area contributed by atoms with E-state index >= 15 is 0 Å². The highest BCUT2D eigenvalue weighted by Crippen LogP contribution is 2.33. The summed E-state index contributed by atoms with van der Waals surface area (Å²) in [5.74, 6) is 1.53. The molecule has 0 aliphatic carbocycles. The van der Waals surface area contributed by atoms with Crippen LogP contribution in [0.2, 0.25) is 0 Å². The Hall–Kier alpha value is -3.22. The third-order valence-corrected chi connectivity index (χ3v) is 4.23. The molecule has 142 valence electrons. The van der Waals surface area contributed by atoms with E-state index in [9.17, 15) is 9.59 Å². The zero-order valence-electron chi connectivity index (χ0n) is 15.3. The standard InChI is InChI=1S/C20H22N2O5/c1-22-16-5-3-4-6-17(16)27-18(20(22)24)13-19(23)21-11-12-26-15-9-7-14(25-2)8-10-15/h3-10,18H,11-13H2,1-2H3,(H,21,23). The average Bonchev–Trinajstić information content (AvgIpc) is 2.69. The van der Waals surface area contributed by atoms with Crippen LogP contribution in [0.1, 0.15) is 6.42 Å². The molecule has 1 aliphatic heterocycles. The second kappa shape index (κ2) is 8.44. The van der Waals surface area contributed by atoms with Gasteiger partial charge in [-0.1, -0.05) is 12.1 Å². The lowest BCUT2D eigenvalue weighted by Crippen LogP contribution is -2.46. The van der Waals surface area contributed by atoms with Crippen molar-refractivity contribution in [2.45, 2.75) is 12.5 Å². The van der Waals surface area contributed by atoms with Gasteiger partial charge in [0.05, 0.1) is 25.8 Å². The summed E-state index contributed by atoms with van der Waals surface area (Å²) in [5, 5.41) is 2.74. The van der Waals surface area contributed by atoms with Crippen molar-refractivity contribution in [1.82, 2.24) is 5.32 Å². The number of nitrogens with one attached hydrogen (secondary N) is 1.